The average molecular weight is 437 g/mol. The van der Waals surface area contributed by atoms with Gasteiger partial charge in [0.2, 0.25) is 0 Å². The molecule has 0 saturated heterocycles. The van der Waals surface area contributed by atoms with E-state index in [1.165, 1.54) is 18.2 Å². The van der Waals surface area contributed by atoms with Crippen LogP contribution in [0.1, 0.15) is 22.3 Å². The summed E-state index contributed by atoms with van der Waals surface area (Å²) in [5, 5.41) is 11.2. The molecule has 8 nitrogen and oxygen atoms in total. The zero-order valence-corrected chi connectivity index (χ0v) is 17.2. The maximum atomic E-state index is 12.9. The van der Waals surface area contributed by atoms with Gasteiger partial charge >= 0.3 is 0 Å². The molecule has 0 saturated carbocycles. The van der Waals surface area contributed by atoms with Gasteiger partial charge in [0.15, 0.2) is 4.90 Å². The van der Waals surface area contributed by atoms with Crippen LogP contribution in [-0.4, -0.2) is 25.8 Å². The van der Waals surface area contributed by atoms with Gasteiger partial charge in [0.05, 0.1) is 4.92 Å². The first-order chi connectivity index (χ1) is 14.9. The molecule has 3 aromatic rings. The fourth-order valence-electron chi connectivity index (χ4n) is 3.65. The number of aryl methyl sites for hydroxylation is 1. The van der Waals surface area contributed by atoms with Crippen LogP contribution in [0.3, 0.4) is 0 Å². The highest BCUT2D eigenvalue weighted by molar-refractivity contribution is 7.92. The summed E-state index contributed by atoms with van der Waals surface area (Å²) in [6.07, 6.45) is 1.43. The number of nitro groups is 1. The summed E-state index contributed by atoms with van der Waals surface area (Å²) in [7, 11) is -4.16. The third kappa shape index (κ3) is 4.13. The van der Waals surface area contributed by atoms with E-state index in [0.717, 1.165) is 23.7 Å². The van der Waals surface area contributed by atoms with Crippen LogP contribution in [0.4, 0.5) is 17.1 Å². The zero-order chi connectivity index (χ0) is 22.0. The van der Waals surface area contributed by atoms with Gasteiger partial charge in [-0.2, -0.15) is 0 Å². The molecule has 1 amide bonds. The fourth-order valence-corrected chi connectivity index (χ4v) is 4.88. The van der Waals surface area contributed by atoms with Crippen LogP contribution in [-0.2, 0) is 16.4 Å². The molecule has 1 heterocycles. The van der Waals surface area contributed by atoms with Crippen LogP contribution < -0.4 is 9.62 Å². The van der Waals surface area contributed by atoms with Crippen molar-refractivity contribution in [1.82, 2.24) is 0 Å². The topological polar surface area (TPSA) is 110 Å². The van der Waals surface area contributed by atoms with E-state index in [4.69, 9.17) is 0 Å². The molecule has 3 aromatic carbocycles. The molecular weight excluding hydrogens is 418 g/mol. The Balaban J connectivity index is 1.63. The molecule has 31 heavy (non-hydrogen) atoms. The monoisotopic (exact) mass is 437 g/mol. The molecule has 1 aliphatic rings. The minimum absolute atomic E-state index is 0.116. The van der Waals surface area contributed by atoms with Crippen molar-refractivity contribution in [3.63, 3.8) is 0 Å². The van der Waals surface area contributed by atoms with Gasteiger partial charge in [-0.1, -0.05) is 30.3 Å². The first-order valence-electron chi connectivity index (χ1n) is 9.63. The van der Waals surface area contributed by atoms with Crippen LogP contribution in [0.2, 0.25) is 0 Å². The summed E-state index contributed by atoms with van der Waals surface area (Å²) in [6, 6.07) is 19.1. The zero-order valence-electron chi connectivity index (χ0n) is 16.4. The number of nitrogens with one attached hydrogen (secondary N) is 1. The second kappa shape index (κ2) is 8.19. The molecule has 0 radical (unpaired) electrons. The van der Waals surface area contributed by atoms with E-state index in [0.29, 0.717) is 18.5 Å². The second-order valence-corrected chi connectivity index (χ2v) is 8.75. The molecule has 0 spiro atoms. The van der Waals surface area contributed by atoms with Crippen LogP contribution in [0, 0.1) is 10.1 Å². The summed E-state index contributed by atoms with van der Waals surface area (Å²) >= 11 is 0. The Labute approximate surface area is 179 Å². The van der Waals surface area contributed by atoms with Crippen molar-refractivity contribution in [3.8, 4) is 0 Å². The quantitative estimate of drug-likeness (QED) is 0.479. The number of benzene rings is 3. The van der Waals surface area contributed by atoms with Crippen molar-refractivity contribution in [1.29, 1.82) is 0 Å². The van der Waals surface area contributed by atoms with Crippen molar-refractivity contribution < 1.29 is 18.1 Å². The van der Waals surface area contributed by atoms with Gasteiger partial charge in [0, 0.05) is 29.5 Å². The molecule has 0 fully saturated rings. The first-order valence-corrected chi connectivity index (χ1v) is 11.1. The average Bonchev–Trinajstić information content (AvgIpc) is 2.78. The number of carbonyl (C=O) groups excluding carboxylic acids is 1. The highest BCUT2D eigenvalue weighted by Crippen LogP contribution is 2.32. The lowest BCUT2D eigenvalue weighted by Crippen LogP contribution is -2.35. The third-order valence-electron chi connectivity index (χ3n) is 5.07. The van der Waals surface area contributed by atoms with E-state index in [1.54, 1.807) is 47.4 Å². The highest BCUT2D eigenvalue weighted by Gasteiger charge is 2.27. The molecule has 0 unspecified atom stereocenters. The number of fused-ring (bicyclic) bond motifs is 1. The van der Waals surface area contributed by atoms with E-state index in [-0.39, 0.29) is 11.6 Å². The van der Waals surface area contributed by atoms with Crippen LogP contribution >= 0.6 is 0 Å². The number of sulfonamides is 1. The van der Waals surface area contributed by atoms with Gasteiger partial charge in [0.1, 0.15) is 0 Å². The molecule has 4 rings (SSSR count). The number of hydrogen-bond donors (Lipinski definition) is 1. The lowest BCUT2D eigenvalue weighted by Gasteiger charge is -2.30. The molecule has 0 aromatic heterocycles. The number of hydrogen-bond acceptors (Lipinski definition) is 5. The standard InChI is InChI=1S/C22H19N3O5S/c26-22(16-7-2-1-3-8-16)24-14-6-9-17-15-18(12-13-19(17)24)23-31(29,30)21-11-5-4-10-20(21)25(27)28/h1-5,7-8,10-13,15,23H,6,9,14H2. The van der Waals surface area contributed by atoms with Crippen LogP contribution in [0.15, 0.2) is 77.7 Å². The SMILES string of the molecule is O=C(c1ccccc1)N1CCCc2cc(NS(=O)(=O)c3ccccc3[N+](=O)[O-])ccc21. The highest BCUT2D eigenvalue weighted by atomic mass is 32.2. The smallest absolute Gasteiger partial charge is 0.289 e. The van der Waals surface area contributed by atoms with Gasteiger partial charge in [0.25, 0.3) is 21.6 Å². The van der Waals surface area contributed by atoms with Gasteiger partial charge < -0.3 is 4.90 Å². The molecule has 1 N–H and O–H groups in total. The van der Waals surface area contributed by atoms with Crippen molar-refractivity contribution in [3.05, 3.63) is 94.0 Å². The van der Waals surface area contributed by atoms with Crippen molar-refractivity contribution in [2.75, 3.05) is 16.2 Å². The Morgan fingerprint density at radius 2 is 1.71 bits per heavy atom. The maximum absolute atomic E-state index is 12.9. The maximum Gasteiger partial charge on any atom is 0.289 e. The number of rotatable bonds is 5. The molecule has 158 valence electrons. The van der Waals surface area contributed by atoms with E-state index in [2.05, 4.69) is 4.72 Å². The second-order valence-electron chi connectivity index (χ2n) is 7.10. The van der Waals surface area contributed by atoms with E-state index < -0.39 is 25.5 Å². The molecule has 9 heteroatoms. The first kappa shape index (κ1) is 20.5. The number of nitrogens with zero attached hydrogens (tertiary/aromatic N) is 2. The Morgan fingerprint density at radius 3 is 2.45 bits per heavy atom. The van der Waals surface area contributed by atoms with E-state index >= 15 is 0 Å². The number of amides is 1. The van der Waals surface area contributed by atoms with E-state index in [9.17, 15) is 23.3 Å². The Kier molecular flexibility index (Phi) is 5.43. The van der Waals surface area contributed by atoms with Crippen LogP contribution in [0.5, 0.6) is 0 Å². The van der Waals surface area contributed by atoms with Gasteiger partial charge in [-0.25, -0.2) is 8.42 Å². The molecule has 0 aliphatic carbocycles. The number of carbonyl (C=O) groups is 1. The van der Waals surface area contributed by atoms with Crippen molar-refractivity contribution in [2.24, 2.45) is 0 Å². The Morgan fingerprint density at radius 1 is 1.00 bits per heavy atom. The number of nitro benzene ring substituents is 1. The predicted molar refractivity (Wildman–Crippen MR) is 117 cm³/mol. The summed E-state index contributed by atoms with van der Waals surface area (Å²) in [6.45, 7) is 0.571. The normalized spacial score (nSPS) is 13.4. The minimum Gasteiger partial charge on any atom is -0.308 e. The molecular formula is C22H19N3O5S. The largest absolute Gasteiger partial charge is 0.308 e. The lowest BCUT2D eigenvalue weighted by atomic mass is 10.00. The lowest BCUT2D eigenvalue weighted by molar-refractivity contribution is -0.387. The van der Waals surface area contributed by atoms with Gasteiger partial charge in [-0.15, -0.1) is 0 Å². The molecule has 1 aliphatic heterocycles. The summed E-state index contributed by atoms with van der Waals surface area (Å²) in [5.74, 6) is -0.116. The van der Waals surface area contributed by atoms with E-state index in [1.807, 2.05) is 6.07 Å². The van der Waals surface area contributed by atoms with Crippen LogP contribution in [0.25, 0.3) is 0 Å². The summed E-state index contributed by atoms with van der Waals surface area (Å²) < 4.78 is 28.0. The summed E-state index contributed by atoms with van der Waals surface area (Å²) in [4.78, 5) is 24.7. The number of para-hydroxylation sites is 1. The van der Waals surface area contributed by atoms with Crippen molar-refractivity contribution in [2.45, 2.75) is 17.7 Å². The Bertz CT molecular complexity index is 1260. The number of anilines is 2. The van der Waals surface area contributed by atoms with Crippen molar-refractivity contribution >= 4 is 33.0 Å². The fraction of sp³-hybridized carbons (Fsp3) is 0.136. The summed E-state index contributed by atoms with van der Waals surface area (Å²) in [5.41, 5.74) is 1.93. The van der Waals surface area contributed by atoms with Gasteiger partial charge in [-0.3, -0.25) is 19.6 Å². The third-order valence-corrected chi connectivity index (χ3v) is 6.50. The molecule has 0 atom stereocenters. The minimum atomic E-state index is -4.16. The predicted octanol–water partition coefficient (Wildman–Crippen LogP) is 3.99. The molecule has 0 bridgehead atoms. The Hall–Kier alpha value is -3.72. The van der Waals surface area contributed by atoms with Gasteiger partial charge in [-0.05, 0) is 54.8 Å².